The quantitative estimate of drug-likeness (QED) is 0.784. The molecule has 1 saturated carbocycles. The van der Waals surface area contributed by atoms with Crippen LogP contribution in [0.15, 0.2) is 54.6 Å². The zero-order valence-electron chi connectivity index (χ0n) is 11.6. The van der Waals surface area contributed by atoms with Crippen LogP contribution in [0.4, 0.5) is 0 Å². The highest BCUT2D eigenvalue weighted by Gasteiger charge is 2.35. The lowest BCUT2D eigenvalue weighted by molar-refractivity contribution is -0.148. The molecule has 0 saturated heterocycles. The van der Waals surface area contributed by atoms with Gasteiger partial charge in [0.2, 0.25) is 0 Å². The number of methoxy groups -OCH3 is 1. The Balaban J connectivity index is 1.68. The Morgan fingerprint density at radius 3 is 2.15 bits per heavy atom. The van der Waals surface area contributed by atoms with Crippen molar-refractivity contribution in [3.63, 3.8) is 0 Å². The molecule has 20 heavy (non-hydrogen) atoms. The van der Waals surface area contributed by atoms with E-state index in [1.807, 2.05) is 6.07 Å². The van der Waals surface area contributed by atoms with Gasteiger partial charge in [0, 0.05) is 0 Å². The van der Waals surface area contributed by atoms with E-state index in [9.17, 15) is 4.79 Å². The summed E-state index contributed by atoms with van der Waals surface area (Å²) in [5.41, 5.74) is 3.79. The highest BCUT2D eigenvalue weighted by molar-refractivity contribution is 5.73. The van der Waals surface area contributed by atoms with Gasteiger partial charge in [-0.2, -0.15) is 0 Å². The molecule has 1 aliphatic rings. The van der Waals surface area contributed by atoms with E-state index in [0.717, 1.165) is 12.8 Å². The van der Waals surface area contributed by atoms with Crippen LogP contribution in [0.1, 0.15) is 24.3 Å². The van der Waals surface area contributed by atoms with Crippen molar-refractivity contribution in [3.8, 4) is 11.1 Å². The average molecular weight is 266 g/mol. The van der Waals surface area contributed by atoms with Crippen molar-refractivity contribution in [1.82, 2.24) is 0 Å². The van der Waals surface area contributed by atoms with Crippen molar-refractivity contribution >= 4 is 5.97 Å². The van der Waals surface area contributed by atoms with Crippen molar-refractivity contribution in [3.05, 3.63) is 60.2 Å². The molecule has 0 unspecified atom stereocenters. The Kier molecular flexibility index (Phi) is 3.55. The monoisotopic (exact) mass is 266 g/mol. The summed E-state index contributed by atoms with van der Waals surface area (Å²) in [4.78, 5) is 11.4. The Morgan fingerprint density at radius 2 is 1.55 bits per heavy atom. The van der Waals surface area contributed by atoms with Crippen LogP contribution in [0.2, 0.25) is 0 Å². The summed E-state index contributed by atoms with van der Waals surface area (Å²) in [5, 5.41) is 0. The Morgan fingerprint density at radius 1 is 0.950 bits per heavy atom. The van der Waals surface area contributed by atoms with E-state index >= 15 is 0 Å². The fraction of sp³-hybridized carbons (Fsp3) is 0.278. The number of carbonyl (C=O) groups is 1. The number of hydrogen-bond donors (Lipinski definition) is 0. The molecule has 0 atom stereocenters. The zero-order valence-corrected chi connectivity index (χ0v) is 11.6. The predicted molar refractivity (Wildman–Crippen MR) is 79.4 cm³/mol. The molecule has 0 aliphatic heterocycles. The maximum atomic E-state index is 11.4. The number of hydrogen-bond acceptors (Lipinski definition) is 2. The molecule has 0 N–H and O–H groups in total. The van der Waals surface area contributed by atoms with E-state index in [-0.39, 0.29) is 11.9 Å². The molecule has 0 bridgehead atoms. The highest BCUT2D eigenvalue weighted by atomic mass is 16.5. The standard InChI is InChI=1S/C18H18O2/c1-20-18(19)17-11-16(12-17)15-9-7-14(8-10-15)13-5-3-2-4-6-13/h2-10,16-17H,11-12H2,1H3. The van der Waals surface area contributed by atoms with E-state index in [1.165, 1.54) is 23.8 Å². The van der Waals surface area contributed by atoms with Gasteiger partial charge < -0.3 is 4.74 Å². The fourth-order valence-corrected chi connectivity index (χ4v) is 2.83. The molecule has 0 radical (unpaired) electrons. The van der Waals surface area contributed by atoms with E-state index in [1.54, 1.807) is 0 Å². The first-order valence-electron chi connectivity index (χ1n) is 7.01. The second-order valence-corrected chi connectivity index (χ2v) is 5.38. The van der Waals surface area contributed by atoms with Gasteiger partial charge in [0.05, 0.1) is 13.0 Å². The number of rotatable bonds is 3. The first kappa shape index (κ1) is 12.9. The smallest absolute Gasteiger partial charge is 0.308 e. The Labute approximate surface area is 119 Å². The number of ether oxygens (including phenoxy) is 1. The minimum absolute atomic E-state index is 0.0674. The average Bonchev–Trinajstić information content (AvgIpc) is 2.47. The molecule has 1 fully saturated rings. The molecule has 0 amide bonds. The van der Waals surface area contributed by atoms with Crippen LogP contribution in [0.25, 0.3) is 11.1 Å². The lowest BCUT2D eigenvalue weighted by Crippen LogP contribution is -2.29. The van der Waals surface area contributed by atoms with Crippen molar-refractivity contribution in [2.45, 2.75) is 18.8 Å². The molecule has 0 heterocycles. The Bertz CT molecular complexity index is 581. The molecule has 0 spiro atoms. The first-order valence-corrected chi connectivity index (χ1v) is 7.01. The normalized spacial score (nSPS) is 21.1. The molecule has 0 aromatic heterocycles. The van der Waals surface area contributed by atoms with Crippen molar-refractivity contribution < 1.29 is 9.53 Å². The third-order valence-electron chi connectivity index (χ3n) is 4.16. The Hall–Kier alpha value is -2.09. The SMILES string of the molecule is COC(=O)C1CC(c2ccc(-c3ccccc3)cc2)C1. The van der Waals surface area contributed by atoms with Crippen LogP contribution < -0.4 is 0 Å². The van der Waals surface area contributed by atoms with E-state index in [2.05, 4.69) is 48.5 Å². The van der Waals surface area contributed by atoms with Crippen molar-refractivity contribution in [2.24, 2.45) is 5.92 Å². The van der Waals surface area contributed by atoms with Crippen LogP contribution >= 0.6 is 0 Å². The van der Waals surface area contributed by atoms with Gasteiger partial charge in [0.15, 0.2) is 0 Å². The van der Waals surface area contributed by atoms with Crippen LogP contribution in [-0.4, -0.2) is 13.1 Å². The fourth-order valence-electron chi connectivity index (χ4n) is 2.83. The second kappa shape index (κ2) is 5.49. The third kappa shape index (κ3) is 2.46. The summed E-state index contributed by atoms with van der Waals surface area (Å²) in [6.45, 7) is 0. The van der Waals surface area contributed by atoms with Gasteiger partial charge in [0.1, 0.15) is 0 Å². The zero-order chi connectivity index (χ0) is 13.9. The maximum Gasteiger partial charge on any atom is 0.308 e. The van der Waals surface area contributed by atoms with E-state index < -0.39 is 0 Å². The summed E-state index contributed by atoms with van der Waals surface area (Å²) in [7, 11) is 1.46. The molecule has 102 valence electrons. The topological polar surface area (TPSA) is 26.3 Å². The van der Waals surface area contributed by atoms with Crippen LogP contribution in [0.3, 0.4) is 0 Å². The predicted octanol–water partition coefficient (Wildman–Crippen LogP) is 4.02. The highest BCUT2D eigenvalue weighted by Crippen LogP contribution is 2.42. The van der Waals surface area contributed by atoms with Gasteiger partial charge in [-0.05, 0) is 35.4 Å². The minimum Gasteiger partial charge on any atom is -0.469 e. The lowest BCUT2D eigenvalue weighted by Gasteiger charge is -2.33. The van der Waals surface area contributed by atoms with Crippen LogP contribution in [0, 0.1) is 5.92 Å². The summed E-state index contributed by atoms with van der Waals surface area (Å²) in [6, 6.07) is 19.1. The number of benzene rings is 2. The van der Waals surface area contributed by atoms with Gasteiger partial charge in [-0.25, -0.2) is 0 Å². The molecule has 2 aromatic rings. The number of esters is 1. The minimum atomic E-state index is -0.0674. The van der Waals surface area contributed by atoms with Gasteiger partial charge in [-0.1, -0.05) is 54.6 Å². The second-order valence-electron chi connectivity index (χ2n) is 5.38. The largest absolute Gasteiger partial charge is 0.469 e. The summed E-state index contributed by atoms with van der Waals surface area (Å²) in [5.74, 6) is 0.532. The maximum absolute atomic E-state index is 11.4. The van der Waals surface area contributed by atoms with Gasteiger partial charge in [-0.15, -0.1) is 0 Å². The molecular formula is C18H18O2. The summed E-state index contributed by atoms with van der Waals surface area (Å²) >= 11 is 0. The summed E-state index contributed by atoms with van der Waals surface area (Å²) in [6.07, 6.45) is 1.83. The summed E-state index contributed by atoms with van der Waals surface area (Å²) < 4.78 is 4.78. The van der Waals surface area contributed by atoms with Crippen LogP contribution in [0.5, 0.6) is 0 Å². The molecule has 3 rings (SSSR count). The van der Waals surface area contributed by atoms with Crippen LogP contribution in [-0.2, 0) is 9.53 Å². The lowest BCUT2D eigenvalue weighted by atomic mass is 9.71. The first-order chi connectivity index (χ1) is 9.78. The van der Waals surface area contributed by atoms with Crippen molar-refractivity contribution in [2.75, 3.05) is 7.11 Å². The van der Waals surface area contributed by atoms with Gasteiger partial charge in [0.25, 0.3) is 0 Å². The van der Waals surface area contributed by atoms with Crippen molar-refractivity contribution in [1.29, 1.82) is 0 Å². The number of carbonyl (C=O) groups excluding carboxylic acids is 1. The van der Waals surface area contributed by atoms with Gasteiger partial charge >= 0.3 is 5.97 Å². The van der Waals surface area contributed by atoms with Gasteiger partial charge in [-0.3, -0.25) is 4.79 Å². The third-order valence-corrected chi connectivity index (χ3v) is 4.16. The molecular weight excluding hydrogens is 248 g/mol. The van der Waals surface area contributed by atoms with E-state index in [4.69, 9.17) is 4.74 Å². The molecule has 2 aromatic carbocycles. The molecule has 1 aliphatic carbocycles. The molecule has 2 heteroatoms. The van der Waals surface area contributed by atoms with E-state index in [0.29, 0.717) is 5.92 Å². The molecule has 2 nitrogen and oxygen atoms in total.